The maximum atomic E-state index is 12.0. The summed E-state index contributed by atoms with van der Waals surface area (Å²) in [5.41, 5.74) is 3.36. The normalized spacial score (nSPS) is 11.2. The summed E-state index contributed by atoms with van der Waals surface area (Å²) in [4.78, 5) is 26.6. The molecule has 1 N–H and O–H groups in total. The fourth-order valence-electron chi connectivity index (χ4n) is 2.48. The molecule has 0 aliphatic heterocycles. The van der Waals surface area contributed by atoms with Gasteiger partial charge in [0.15, 0.2) is 0 Å². The van der Waals surface area contributed by atoms with Crippen molar-refractivity contribution >= 4 is 39.2 Å². The van der Waals surface area contributed by atoms with E-state index in [0.29, 0.717) is 12.1 Å². The Morgan fingerprint density at radius 3 is 2.77 bits per heavy atom. The van der Waals surface area contributed by atoms with E-state index >= 15 is 0 Å². The topological polar surface area (TPSA) is 89.5 Å². The molecule has 0 radical (unpaired) electrons. The fourth-order valence-corrected chi connectivity index (χ4v) is 3.04. The monoisotopic (exact) mass is 414 g/mol. The van der Waals surface area contributed by atoms with Crippen molar-refractivity contribution in [3.8, 4) is 0 Å². The van der Waals surface area contributed by atoms with Crippen LogP contribution >= 0.6 is 15.9 Å². The van der Waals surface area contributed by atoms with E-state index in [1.54, 1.807) is 18.2 Å². The van der Waals surface area contributed by atoms with E-state index in [-0.39, 0.29) is 11.6 Å². The highest BCUT2D eigenvalue weighted by Gasteiger charge is 2.06. The molecule has 0 spiro atoms. The van der Waals surface area contributed by atoms with E-state index in [2.05, 4.69) is 26.2 Å². The number of imidazole rings is 1. The zero-order valence-corrected chi connectivity index (χ0v) is 15.4. The summed E-state index contributed by atoms with van der Waals surface area (Å²) in [6.45, 7) is 2.28. The maximum absolute atomic E-state index is 12.0. The number of carbonyl (C=O) groups excluding carboxylic acids is 1. The van der Waals surface area contributed by atoms with Gasteiger partial charge in [-0.1, -0.05) is 0 Å². The number of amides is 1. The van der Waals surface area contributed by atoms with Gasteiger partial charge in [-0.3, -0.25) is 14.9 Å². The molecule has 3 aromatic rings. The number of nitro benzene ring substituents is 1. The van der Waals surface area contributed by atoms with Gasteiger partial charge in [0, 0.05) is 35.1 Å². The number of hydrogen-bond acceptors (Lipinski definition) is 4. The summed E-state index contributed by atoms with van der Waals surface area (Å²) < 4.78 is 2.87. The molecule has 0 atom stereocenters. The lowest BCUT2D eigenvalue weighted by Gasteiger charge is -1.98. The third-order valence-electron chi connectivity index (χ3n) is 3.73. The molecule has 0 aliphatic carbocycles. The number of carbonyl (C=O) groups is 1. The Kier molecular flexibility index (Phi) is 5.13. The van der Waals surface area contributed by atoms with Crippen molar-refractivity contribution in [2.75, 3.05) is 0 Å². The number of aromatic nitrogens is 2. The number of pyridine rings is 1. The van der Waals surface area contributed by atoms with Crippen molar-refractivity contribution in [3.05, 3.63) is 80.2 Å². The van der Waals surface area contributed by atoms with Gasteiger partial charge in [0.05, 0.1) is 17.2 Å². The zero-order valence-electron chi connectivity index (χ0n) is 13.8. The predicted molar refractivity (Wildman–Crippen MR) is 102 cm³/mol. The number of nitro groups is 1. The quantitative estimate of drug-likeness (QED) is 0.392. The van der Waals surface area contributed by atoms with Crippen LogP contribution in [0.4, 0.5) is 5.69 Å². The zero-order chi connectivity index (χ0) is 18.7. The highest BCUT2D eigenvalue weighted by atomic mass is 79.9. The van der Waals surface area contributed by atoms with E-state index in [4.69, 9.17) is 0 Å². The summed E-state index contributed by atoms with van der Waals surface area (Å²) in [6, 6.07) is 7.95. The number of hydrogen-bond donors (Lipinski definition) is 1. The van der Waals surface area contributed by atoms with E-state index in [1.807, 2.05) is 29.8 Å². The Labute approximate surface area is 157 Å². The standard InChI is InChI=1S/C18H15BrN4O3/c1-12-8-14(19)10-22-11-15(21-18(12)22)9-20-17(24)7-4-13-2-5-16(6-3-13)23(25)26/h2-8,10-11H,9H2,1H3,(H,20,24)/b7-4+. The Morgan fingerprint density at radius 1 is 1.35 bits per heavy atom. The van der Waals surface area contributed by atoms with E-state index in [0.717, 1.165) is 21.4 Å². The van der Waals surface area contributed by atoms with E-state index in [1.165, 1.54) is 18.2 Å². The summed E-state index contributed by atoms with van der Waals surface area (Å²) in [7, 11) is 0. The fraction of sp³-hybridized carbons (Fsp3) is 0.111. The summed E-state index contributed by atoms with van der Waals surface area (Å²) >= 11 is 3.44. The van der Waals surface area contributed by atoms with Crippen LogP contribution in [0.15, 0.2) is 53.3 Å². The molecular weight excluding hydrogens is 400 g/mol. The average molecular weight is 415 g/mol. The van der Waals surface area contributed by atoms with Gasteiger partial charge in [0.25, 0.3) is 5.69 Å². The van der Waals surface area contributed by atoms with Gasteiger partial charge in [-0.2, -0.15) is 0 Å². The second-order valence-electron chi connectivity index (χ2n) is 5.70. The van der Waals surface area contributed by atoms with Crippen molar-refractivity contribution < 1.29 is 9.72 Å². The third kappa shape index (κ3) is 4.15. The molecule has 0 unspecified atom stereocenters. The molecule has 2 aromatic heterocycles. The van der Waals surface area contributed by atoms with Crippen LogP contribution in [0.1, 0.15) is 16.8 Å². The summed E-state index contributed by atoms with van der Waals surface area (Å²) in [5.74, 6) is -0.265. The van der Waals surface area contributed by atoms with Crippen LogP contribution in [-0.2, 0) is 11.3 Å². The number of rotatable bonds is 5. The molecule has 0 fully saturated rings. The van der Waals surface area contributed by atoms with E-state index < -0.39 is 4.92 Å². The second-order valence-corrected chi connectivity index (χ2v) is 6.62. The van der Waals surface area contributed by atoms with Gasteiger partial charge in [-0.05, 0) is 58.3 Å². The molecular formula is C18H15BrN4O3. The minimum absolute atomic E-state index is 0.0142. The maximum Gasteiger partial charge on any atom is 0.269 e. The number of fused-ring (bicyclic) bond motifs is 1. The van der Waals surface area contributed by atoms with Gasteiger partial charge in [-0.25, -0.2) is 4.98 Å². The molecule has 3 rings (SSSR count). The first kappa shape index (κ1) is 17.8. The first-order chi connectivity index (χ1) is 12.4. The number of aryl methyl sites for hydroxylation is 1. The Hall–Kier alpha value is -3.00. The van der Waals surface area contributed by atoms with E-state index in [9.17, 15) is 14.9 Å². The first-order valence-corrected chi connectivity index (χ1v) is 8.56. The van der Waals surface area contributed by atoms with Gasteiger partial charge in [0.2, 0.25) is 5.91 Å². The van der Waals surface area contributed by atoms with Crippen LogP contribution in [0.25, 0.3) is 11.7 Å². The molecule has 1 aromatic carbocycles. The lowest BCUT2D eigenvalue weighted by molar-refractivity contribution is -0.384. The number of benzene rings is 1. The van der Waals surface area contributed by atoms with Crippen molar-refractivity contribution in [1.29, 1.82) is 0 Å². The van der Waals surface area contributed by atoms with Gasteiger partial charge < -0.3 is 9.72 Å². The summed E-state index contributed by atoms with van der Waals surface area (Å²) in [5, 5.41) is 13.4. The predicted octanol–water partition coefficient (Wildman–Crippen LogP) is 3.64. The molecule has 2 heterocycles. The van der Waals surface area contributed by atoms with Gasteiger partial charge in [-0.15, -0.1) is 0 Å². The molecule has 8 heteroatoms. The van der Waals surface area contributed by atoms with Crippen LogP contribution in [0.2, 0.25) is 0 Å². The van der Waals surface area contributed by atoms with Crippen LogP contribution < -0.4 is 5.32 Å². The first-order valence-electron chi connectivity index (χ1n) is 7.76. The van der Waals surface area contributed by atoms with Gasteiger partial charge in [0.1, 0.15) is 5.65 Å². The average Bonchev–Trinajstić information content (AvgIpc) is 3.01. The minimum Gasteiger partial charge on any atom is -0.347 e. The largest absolute Gasteiger partial charge is 0.347 e. The third-order valence-corrected chi connectivity index (χ3v) is 4.16. The Balaban J connectivity index is 1.61. The van der Waals surface area contributed by atoms with Crippen molar-refractivity contribution in [1.82, 2.24) is 14.7 Å². The van der Waals surface area contributed by atoms with Crippen molar-refractivity contribution in [2.45, 2.75) is 13.5 Å². The number of nitrogens with zero attached hydrogens (tertiary/aromatic N) is 3. The Bertz CT molecular complexity index is 1010. The van der Waals surface area contributed by atoms with Crippen LogP contribution in [-0.4, -0.2) is 20.2 Å². The lowest BCUT2D eigenvalue weighted by atomic mass is 10.2. The molecule has 7 nitrogen and oxygen atoms in total. The van der Waals surface area contributed by atoms with Crippen LogP contribution in [0.5, 0.6) is 0 Å². The molecule has 0 saturated heterocycles. The smallest absolute Gasteiger partial charge is 0.269 e. The number of non-ortho nitro benzene ring substituents is 1. The minimum atomic E-state index is -0.463. The summed E-state index contributed by atoms with van der Waals surface area (Å²) in [6.07, 6.45) is 6.77. The molecule has 132 valence electrons. The second kappa shape index (κ2) is 7.49. The van der Waals surface area contributed by atoms with Gasteiger partial charge >= 0.3 is 0 Å². The Morgan fingerprint density at radius 2 is 2.08 bits per heavy atom. The number of nitrogens with one attached hydrogen (secondary N) is 1. The highest BCUT2D eigenvalue weighted by molar-refractivity contribution is 9.10. The SMILES string of the molecule is Cc1cc(Br)cn2cc(CNC(=O)/C=C/c3ccc([N+](=O)[O-])cc3)nc12. The highest BCUT2D eigenvalue weighted by Crippen LogP contribution is 2.17. The molecule has 1 amide bonds. The molecule has 0 aliphatic rings. The molecule has 26 heavy (non-hydrogen) atoms. The van der Waals surface area contributed by atoms with Crippen molar-refractivity contribution in [2.24, 2.45) is 0 Å². The number of halogens is 1. The van der Waals surface area contributed by atoms with Crippen molar-refractivity contribution in [3.63, 3.8) is 0 Å². The lowest BCUT2D eigenvalue weighted by Crippen LogP contribution is -2.20. The molecule has 0 saturated carbocycles. The molecule has 0 bridgehead atoms. The van der Waals surface area contributed by atoms with Crippen LogP contribution in [0.3, 0.4) is 0 Å². The van der Waals surface area contributed by atoms with Crippen LogP contribution in [0, 0.1) is 17.0 Å².